The van der Waals surface area contributed by atoms with Gasteiger partial charge in [0.1, 0.15) is 34.6 Å². The van der Waals surface area contributed by atoms with Crippen LogP contribution in [0.3, 0.4) is 0 Å². The van der Waals surface area contributed by atoms with Crippen LogP contribution in [0, 0.1) is 11.6 Å². The fourth-order valence-electron chi connectivity index (χ4n) is 4.97. The molecule has 1 N–H and O–H groups in total. The monoisotopic (exact) mass is 564 g/mol. The van der Waals surface area contributed by atoms with Crippen LogP contribution in [0.2, 0.25) is 0 Å². The van der Waals surface area contributed by atoms with E-state index in [9.17, 15) is 23.5 Å². The van der Waals surface area contributed by atoms with Crippen LogP contribution in [-0.2, 0) is 0 Å². The number of hydrogen-bond acceptors (Lipinski definition) is 8. The lowest BCUT2D eigenvalue weighted by molar-refractivity contribution is 0.0784. The third kappa shape index (κ3) is 5.04. The van der Waals surface area contributed by atoms with Crippen LogP contribution in [0.4, 0.5) is 8.78 Å². The van der Waals surface area contributed by atoms with Gasteiger partial charge in [-0.3, -0.25) is 19.1 Å². The molecule has 1 aliphatic rings. The molecule has 10 nitrogen and oxygen atoms in total. The number of para-hydroxylation sites is 1. The van der Waals surface area contributed by atoms with Gasteiger partial charge in [0.25, 0.3) is 11.5 Å². The average Bonchev–Trinajstić information content (AvgIpc) is 3.46. The van der Waals surface area contributed by atoms with E-state index in [-0.39, 0.29) is 41.8 Å². The Kier molecular flexibility index (Phi) is 7.56. The van der Waals surface area contributed by atoms with Crippen molar-refractivity contribution in [2.75, 3.05) is 34.4 Å². The molecule has 1 saturated heterocycles. The quantitative estimate of drug-likeness (QED) is 0.359. The van der Waals surface area contributed by atoms with Gasteiger partial charge in [-0.25, -0.2) is 8.78 Å². The van der Waals surface area contributed by atoms with E-state index in [1.54, 1.807) is 42.5 Å². The van der Waals surface area contributed by atoms with E-state index >= 15 is 0 Å². The van der Waals surface area contributed by atoms with Gasteiger partial charge in [0.15, 0.2) is 11.4 Å². The van der Waals surface area contributed by atoms with E-state index < -0.39 is 40.5 Å². The Labute approximate surface area is 233 Å². The predicted molar refractivity (Wildman–Crippen MR) is 144 cm³/mol. The fourth-order valence-corrected chi connectivity index (χ4v) is 4.97. The Morgan fingerprint density at radius 2 is 1.73 bits per heavy atom. The first-order valence-corrected chi connectivity index (χ1v) is 12.6. The van der Waals surface area contributed by atoms with Crippen molar-refractivity contribution in [3.05, 3.63) is 88.0 Å². The second kappa shape index (κ2) is 11.2. The van der Waals surface area contributed by atoms with E-state index in [0.29, 0.717) is 17.7 Å². The summed E-state index contributed by atoms with van der Waals surface area (Å²) in [5, 5.41) is 11.6. The van der Waals surface area contributed by atoms with Crippen LogP contribution < -0.4 is 19.8 Å². The van der Waals surface area contributed by atoms with Crippen molar-refractivity contribution < 1.29 is 32.9 Å². The SMILES string of the molecule is COc1cccc(-c2nc(=O)c(C(=O)N3CCC(c4ncc(F)cc4F)C3)c(O)n2-c2c(OC)cccc2OC)c1. The van der Waals surface area contributed by atoms with Crippen LogP contribution in [0.1, 0.15) is 28.4 Å². The summed E-state index contributed by atoms with van der Waals surface area (Å²) in [5.74, 6) is -2.63. The number of aromatic nitrogens is 3. The smallest absolute Gasteiger partial charge is 0.290 e. The van der Waals surface area contributed by atoms with Crippen LogP contribution in [-0.4, -0.2) is 64.9 Å². The number of nitrogens with zero attached hydrogens (tertiary/aromatic N) is 4. The molecule has 0 saturated carbocycles. The lowest BCUT2D eigenvalue weighted by Crippen LogP contribution is -2.34. The molecule has 41 heavy (non-hydrogen) atoms. The van der Waals surface area contributed by atoms with Crippen molar-refractivity contribution >= 4 is 5.91 Å². The molecule has 0 radical (unpaired) electrons. The van der Waals surface area contributed by atoms with Crippen LogP contribution in [0.15, 0.2) is 59.5 Å². The Hall–Kier alpha value is -5.00. The number of carbonyl (C=O) groups excluding carboxylic acids is 1. The number of hydrogen-bond donors (Lipinski definition) is 1. The summed E-state index contributed by atoms with van der Waals surface area (Å²) in [4.78, 5) is 36.5. The molecule has 1 aliphatic heterocycles. The number of benzene rings is 2. The second-order valence-corrected chi connectivity index (χ2v) is 9.28. The summed E-state index contributed by atoms with van der Waals surface area (Å²) in [6.07, 6.45) is 1.24. The number of halogens is 2. The molecule has 4 aromatic rings. The molecule has 212 valence electrons. The maximum atomic E-state index is 14.4. The minimum atomic E-state index is -0.968. The van der Waals surface area contributed by atoms with E-state index in [1.807, 2.05) is 0 Å². The van der Waals surface area contributed by atoms with Crippen molar-refractivity contribution in [2.24, 2.45) is 0 Å². The molecular formula is C29H26F2N4O6. The first-order valence-electron chi connectivity index (χ1n) is 12.6. The minimum Gasteiger partial charge on any atom is -0.497 e. The average molecular weight is 565 g/mol. The van der Waals surface area contributed by atoms with E-state index in [2.05, 4.69) is 9.97 Å². The summed E-state index contributed by atoms with van der Waals surface area (Å²) < 4.78 is 45.4. The van der Waals surface area contributed by atoms with Crippen molar-refractivity contribution in [1.82, 2.24) is 19.4 Å². The number of rotatable bonds is 7. The number of likely N-dealkylation sites (tertiary alicyclic amines) is 1. The zero-order chi connectivity index (χ0) is 29.3. The highest BCUT2D eigenvalue weighted by Crippen LogP contribution is 2.39. The van der Waals surface area contributed by atoms with Gasteiger partial charge in [-0.1, -0.05) is 18.2 Å². The number of carbonyl (C=O) groups is 1. The van der Waals surface area contributed by atoms with E-state index in [4.69, 9.17) is 14.2 Å². The lowest BCUT2D eigenvalue weighted by atomic mass is 10.0. The van der Waals surface area contributed by atoms with Crippen molar-refractivity contribution in [3.8, 4) is 40.2 Å². The molecule has 12 heteroatoms. The first-order chi connectivity index (χ1) is 19.8. The zero-order valence-electron chi connectivity index (χ0n) is 22.4. The summed E-state index contributed by atoms with van der Waals surface area (Å²) in [5.41, 5.74) is -0.926. The highest BCUT2D eigenvalue weighted by molar-refractivity contribution is 5.97. The molecule has 2 aromatic carbocycles. The van der Waals surface area contributed by atoms with Gasteiger partial charge < -0.3 is 24.2 Å². The number of ether oxygens (including phenoxy) is 3. The second-order valence-electron chi connectivity index (χ2n) is 9.28. The molecule has 1 amide bonds. The molecule has 2 aromatic heterocycles. The van der Waals surface area contributed by atoms with E-state index in [1.165, 1.54) is 30.8 Å². The molecule has 3 heterocycles. The number of methoxy groups -OCH3 is 3. The Balaban J connectivity index is 1.66. The molecule has 0 aliphatic carbocycles. The highest BCUT2D eigenvalue weighted by atomic mass is 19.1. The third-order valence-corrected chi connectivity index (χ3v) is 6.93. The van der Waals surface area contributed by atoms with Gasteiger partial charge in [-0.2, -0.15) is 4.98 Å². The Morgan fingerprint density at radius 1 is 1.02 bits per heavy atom. The lowest BCUT2D eigenvalue weighted by Gasteiger charge is -2.22. The molecule has 0 spiro atoms. The van der Waals surface area contributed by atoms with E-state index in [0.717, 1.165) is 12.3 Å². The molecular weight excluding hydrogens is 538 g/mol. The third-order valence-electron chi connectivity index (χ3n) is 6.93. The van der Waals surface area contributed by atoms with Gasteiger partial charge in [0, 0.05) is 30.6 Å². The largest absolute Gasteiger partial charge is 0.497 e. The summed E-state index contributed by atoms with van der Waals surface area (Å²) in [6.45, 7) is 0.152. The van der Waals surface area contributed by atoms with Crippen LogP contribution >= 0.6 is 0 Å². The fraction of sp³-hybridized carbons (Fsp3) is 0.241. The van der Waals surface area contributed by atoms with Crippen molar-refractivity contribution in [3.63, 3.8) is 0 Å². The molecule has 1 fully saturated rings. The van der Waals surface area contributed by atoms with Crippen LogP contribution in [0.25, 0.3) is 17.1 Å². The normalized spacial score (nSPS) is 14.7. The number of pyridine rings is 1. The van der Waals surface area contributed by atoms with Crippen molar-refractivity contribution in [1.29, 1.82) is 0 Å². The molecule has 0 bridgehead atoms. The van der Waals surface area contributed by atoms with Crippen LogP contribution in [0.5, 0.6) is 23.1 Å². The van der Waals surface area contributed by atoms with Crippen molar-refractivity contribution in [2.45, 2.75) is 12.3 Å². The number of aromatic hydroxyl groups is 1. The van der Waals surface area contributed by atoms with Gasteiger partial charge in [0.05, 0.1) is 33.2 Å². The maximum Gasteiger partial charge on any atom is 0.290 e. The summed E-state index contributed by atoms with van der Waals surface area (Å²) in [7, 11) is 4.34. The standard InChI is InChI=1S/C29H26F2N4O6/c1-39-19-7-4-6-16(12-19)26-33-27(36)23(29(38)35(26)25-21(40-2)8-5-9-22(25)41-3)28(37)34-11-10-17(15-34)24-20(31)13-18(30)14-32-24/h4-9,12-14,17,38H,10-11,15H2,1-3H3. The topological polar surface area (TPSA) is 116 Å². The van der Waals surface area contributed by atoms with Gasteiger partial charge in [-0.05, 0) is 30.7 Å². The number of amides is 1. The van der Waals surface area contributed by atoms with Gasteiger partial charge >= 0.3 is 0 Å². The van der Waals surface area contributed by atoms with Gasteiger partial charge in [-0.15, -0.1) is 0 Å². The Morgan fingerprint density at radius 3 is 2.39 bits per heavy atom. The summed E-state index contributed by atoms with van der Waals surface area (Å²) in [6, 6.07) is 12.3. The summed E-state index contributed by atoms with van der Waals surface area (Å²) >= 11 is 0. The molecule has 1 unspecified atom stereocenters. The van der Waals surface area contributed by atoms with Gasteiger partial charge in [0.2, 0.25) is 5.88 Å². The Bertz CT molecular complexity index is 1670. The zero-order valence-corrected chi connectivity index (χ0v) is 22.4. The highest BCUT2D eigenvalue weighted by Gasteiger charge is 2.35. The molecule has 5 rings (SSSR count). The molecule has 1 atom stereocenters. The predicted octanol–water partition coefficient (Wildman–Crippen LogP) is 3.93. The maximum absolute atomic E-state index is 14.4. The first kappa shape index (κ1) is 27.6. The minimum absolute atomic E-state index is 0.00244.